The smallest absolute Gasteiger partial charge is 0.129 e. The van der Waals surface area contributed by atoms with Crippen LogP contribution in [0.1, 0.15) is 10.6 Å². The van der Waals surface area contributed by atoms with Crippen LogP contribution < -0.4 is 10.5 Å². The summed E-state index contributed by atoms with van der Waals surface area (Å²) in [4.78, 5) is 5.40. The zero-order chi connectivity index (χ0) is 12.4. The number of thiazole rings is 1. The van der Waals surface area contributed by atoms with Gasteiger partial charge >= 0.3 is 0 Å². The number of hydrogen-bond acceptors (Lipinski definition) is 4. The van der Waals surface area contributed by atoms with E-state index in [0.717, 1.165) is 15.6 Å². The molecule has 0 fully saturated rings. The van der Waals surface area contributed by atoms with Gasteiger partial charge in [0.15, 0.2) is 0 Å². The number of methoxy groups -OCH3 is 1. The molecule has 0 bridgehead atoms. The van der Waals surface area contributed by atoms with E-state index in [0.29, 0.717) is 17.9 Å². The number of hydrogen-bond donors (Lipinski definition) is 1. The number of rotatable bonds is 3. The lowest BCUT2D eigenvalue weighted by Gasteiger charge is -2.05. The third kappa shape index (κ3) is 2.30. The first-order valence-corrected chi connectivity index (χ1v) is 5.97. The average molecular weight is 252 g/mol. The van der Waals surface area contributed by atoms with E-state index in [1.54, 1.807) is 13.2 Å². The maximum atomic E-state index is 13.3. The summed E-state index contributed by atoms with van der Waals surface area (Å²) < 4.78 is 18.5. The Morgan fingerprint density at radius 2 is 2.24 bits per heavy atom. The molecule has 90 valence electrons. The fraction of sp³-hybridized carbons (Fsp3) is 0.250. The average Bonchev–Trinajstić information content (AvgIpc) is 2.70. The van der Waals surface area contributed by atoms with Gasteiger partial charge in [0, 0.05) is 11.4 Å². The second kappa shape index (κ2) is 4.81. The molecule has 0 aliphatic heterocycles. The highest BCUT2D eigenvalue weighted by Crippen LogP contribution is 2.34. The summed E-state index contributed by atoms with van der Waals surface area (Å²) in [5.41, 5.74) is 7.16. The molecule has 2 N–H and O–H groups in total. The van der Waals surface area contributed by atoms with E-state index in [-0.39, 0.29) is 5.82 Å². The maximum Gasteiger partial charge on any atom is 0.129 e. The zero-order valence-corrected chi connectivity index (χ0v) is 10.5. The van der Waals surface area contributed by atoms with E-state index in [4.69, 9.17) is 10.5 Å². The van der Waals surface area contributed by atoms with E-state index in [2.05, 4.69) is 4.98 Å². The molecule has 0 saturated carbocycles. The Kier molecular flexibility index (Phi) is 3.40. The molecule has 0 radical (unpaired) electrons. The highest BCUT2D eigenvalue weighted by molar-refractivity contribution is 7.15. The Morgan fingerprint density at radius 3 is 2.82 bits per heavy atom. The molecular formula is C12H13FN2OS. The normalized spacial score (nSPS) is 10.6. The summed E-state index contributed by atoms with van der Waals surface area (Å²) >= 11 is 1.47. The second-order valence-electron chi connectivity index (χ2n) is 3.58. The van der Waals surface area contributed by atoms with Crippen LogP contribution in [-0.4, -0.2) is 12.1 Å². The lowest BCUT2D eigenvalue weighted by molar-refractivity contribution is 0.415. The molecule has 2 aromatic rings. The minimum absolute atomic E-state index is 0.303. The molecule has 0 unspecified atom stereocenters. The van der Waals surface area contributed by atoms with Crippen LogP contribution in [0.3, 0.4) is 0 Å². The summed E-state index contributed by atoms with van der Waals surface area (Å²) in [6, 6.07) is 4.40. The van der Waals surface area contributed by atoms with Crippen LogP contribution in [0.2, 0.25) is 0 Å². The molecule has 0 aliphatic carbocycles. The lowest BCUT2D eigenvalue weighted by Crippen LogP contribution is -1.94. The highest BCUT2D eigenvalue weighted by atomic mass is 32.1. The van der Waals surface area contributed by atoms with Crippen molar-refractivity contribution in [3.63, 3.8) is 0 Å². The fourth-order valence-electron chi connectivity index (χ4n) is 1.58. The van der Waals surface area contributed by atoms with Crippen molar-refractivity contribution in [1.82, 2.24) is 4.98 Å². The van der Waals surface area contributed by atoms with Gasteiger partial charge in [0.25, 0.3) is 0 Å². The molecule has 3 nitrogen and oxygen atoms in total. The first-order chi connectivity index (χ1) is 8.15. The lowest BCUT2D eigenvalue weighted by atomic mass is 10.2. The van der Waals surface area contributed by atoms with Gasteiger partial charge < -0.3 is 10.5 Å². The summed E-state index contributed by atoms with van der Waals surface area (Å²) in [6.45, 7) is 2.34. The van der Waals surface area contributed by atoms with Crippen molar-refractivity contribution in [2.24, 2.45) is 5.73 Å². The number of halogens is 1. The third-order valence-corrected chi connectivity index (χ3v) is 3.68. The number of aryl methyl sites for hydroxylation is 1. The van der Waals surface area contributed by atoms with E-state index >= 15 is 0 Å². The summed E-state index contributed by atoms with van der Waals surface area (Å²) in [5, 5.41) is 0.735. The van der Waals surface area contributed by atoms with E-state index in [1.165, 1.54) is 23.5 Å². The Bertz CT molecular complexity index is 539. The SMILES string of the molecule is COc1ccc(F)cc1-c1nc(C)c(CN)s1. The Morgan fingerprint density at radius 1 is 1.47 bits per heavy atom. The molecule has 0 spiro atoms. The number of nitrogens with two attached hydrogens (primary N) is 1. The quantitative estimate of drug-likeness (QED) is 0.913. The van der Waals surface area contributed by atoms with Crippen LogP contribution in [0.25, 0.3) is 10.6 Å². The molecule has 0 aliphatic rings. The van der Waals surface area contributed by atoms with Crippen molar-refractivity contribution in [3.05, 3.63) is 34.6 Å². The Balaban J connectivity index is 2.54. The summed E-state index contributed by atoms with van der Waals surface area (Å²) in [5.74, 6) is 0.312. The van der Waals surface area contributed by atoms with Crippen LogP contribution in [0.5, 0.6) is 5.75 Å². The molecule has 1 heterocycles. The predicted molar refractivity (Wildman–Crippen MR) is 66.7 cm³/mol. The molecule has 17 heavy (non-hydrogen) atoms. The monoisotopic (exact) mass is 252 g/mol. The van der Waals surface area contributed by atoms with Crippen molar-refractivity contribution in [1.29, 1.82) is 0 Å². The van der Waals surface area contributed by atoms with Gasteiger partial charge in [0.1, 0.15) is 16.6 Å². The van der Waals surface area contributed by atoms with Crippen LogP contribution >= 0.6 is 11.3 Å². The molecule has 0 saturated heterocycles. The Hall–Kier alpha value is -1.46. The van der Waals surface area contributed by atoms with Gasteiger partial charge in [-0.05, 0) is 25.1 Å². The second-order valence-corrected chi connectivity index (χ2v) is 4.66. The maximum absolute atomic E-state index is 13.3. The number of ether oxygens (including phenoxy) is 1. The van der Waals surface area contributed by atoms with Crippen LogP contribution in [0.15, 0.2) is 18.2 Å². The minimum Gasteiger partial charge on any atom is -0.496 e. The summed E-state index contributed by atoms with van der Waals surface area (Å²) in [6.07, 6.45) is 0. The first kappa shape index (κ1) is 12.0. The van der Waals surface area contributed by atoms with Gasteiger partial charge in [-0.3, -0.25) is 0 Å². The predicted octanol–water partition coefficient (Wildman–Crippen LogP) is 2.72. The molecule has 5 heteroatoms. The van der Waals surface area contributed by atoms with Crippen LogP contribution in [0.4, 0.5) is 4.39 Å². The van der Waals surface area contributed by atoms with Crippen molar-refractivity contribution in [2.75, 3.05) is 7.11 Å². The molecule has 1 aromatic carbocycles. The topological polar surface area (TPSA) is 48.1 Å². The molecule has 1 aromatic heterocycles. The van der Waals surface area contributed by atoms with Crippen LogP contribution in [-0.2, 0) is 6.54 Å². The zero-order valence-electron chi connectivity index (χ0n) is 9.66. The first-order valence-electron chi connectivity index (χ1n) is 5.16. The summed E-state index contributed by atoms with van der Waals surface area (Å²) in [7, 11) is 1.56. The number of benzene rings is 1. The van der Waals surface area contributed by atoms with Crippen molar-refractivity contribution < 1.29 is 9.13 Å². The number of nitrogens with zero attached hydrogens (tertiary/aromatic N) is 1. The largest absolute Gasteiger partial charge is 0.496 e. The fourth-order valence-corrected chi connectivity index (χ4v) is 2.54. The van der Waals surface area contributed by atoms with Crippen molar-refractivity contribution >= 4 is 11.3 Å². The van der Waals surface area contributed by atoms with Crippen LogP contribution in [0, 0.1) is 12.7 Å². The van der Waals surface area contributed by atoms with Gasteiger partial charge in [-0.1, -0.05) is 0 Å². The molecule has 0 amide bonds. The van der Waals surface area contributed by atoms with E-state index in [9.17, 15) is 4.39 Å². The highest BCUT2D eigenvalue weighted by Gasteiger charge is 2.13. The van der Waals surface area contributed by atoms with Gasteiger partial charge in [0.05, 0.1) is 18.4 Å². The van der Waals surface area contributed by atoms with Gasteiger partial charge in [-0.2, -0.15) is 0 Å². The third-order valence-electron chi connectivity index (χ3n) is 2.47. The minimum atomic E-state index is -0.303. The van der Waals surface area contributed by atoms with E-state index < -0.39 is 0 Å². The van der Waals surface area contributed by atoms with Gasteiger partial charge in [-0.25, -0.2) is 9.37 Å². The van der Waals surface area contributed by atoms with Crippen molar-refractivity contribution in [3.8, 4) is 16.3 Å². The van der Waals surface area contributed by atoms with Gasteiger partial charge in [0.2, 0.25) is 0 Å². The standard InChI is InChI=1S/C12H13FN2OS/c1-7-11(6-14)17-12(15-7)9-5-8(13)3-4-10(9)16-2/h3-5H,6,14H2,1-2H3. The van der Waals surface area contributed by atoms with Gasteiger partial charge in [-0.15, -0.1) is 11.3 Å². The van der Waals surface area contributed by atoms with Crippen molar-refractivity contribution in [2.45, 2.75) is 13.5 Å². The molecule has 0 atom stereocenters. The molecular weight excluding hydrogens is 239 g/mol. The van der Waals surface area contributed by atoms with E-state index in [1.807, 2.05) is 6.92 Å². The number of aromatic nitrogens is 1. The Labute approximate surface area is 103 Å². The molecule has 2 rings (SSSR count).